The van der Waals surface area contributed by atoms with Crippen LogP contribution in [0.2, 0.25) is 0 Å². The largest absolute Gasteiger partial charge is 0.377 e. The molecule has 0 spiro atoms. The summed E-state index contributed by atoms with van der Waals surface area (Å²) in [6.07, 6.45) is 4.39. The quantitative estimate of drug-likeness (QED) is 0.695. The summed E-state index contributed by atoms with van der Waals surface area (Å²) in [4.78, 5) is 6.82. The molecule has 1 atom stereocenters. The number of fused-ring (bicyclic) bond motifs is 1. The Morgan fingerprint density at radius 2 is 2.08 bits per heavy atom. The van der Waals surface area contributed by atoms with Crippen molar-refractivity contribution in [1.82, 2.24) is 20.2 Å². The minimum atomic E-state index is 0.295. The van der Waals surface area contributed by atoms with Crippen molar-refractivity contribution in [3.8, 4) is 0 Å². The highest BCUT2D eigenvalue weighted by Gasteiger charge is 2.21. The van der Waals surface area contributed by atoms with Crippen LogP contribution in [0.1, 0.15) is 24.1 Å². The van der Waals surface area contributed by atoms with Gasteiger partial charge >= 0.3 is 0 Å². The molecule has 0 saturated carbocycles. The molecule has 0 radical (unpaired) electrons. The second-order valence-electron chi connectivity index (χ2n) is 6.17. The summed E-state index contributed by atoms with van der Waals surface area (Å²) in [5.41, 5.74) is 3.79. The second kappa shape index (κ2) is 7.07. The van der Waals surface area contributed by atoms with Crippen LogP contribution in [0.3, 0.4) is 0 Å². The van der Waals surface area contributed by atoms with Gasteiger partial charge in [-0.15, -0.1) is 0 Å². The Hall–Kier alpha value is -2.31. The van der Waals surface area contributed by atoms with E-state index >= 15 is 0 Å². The summed E-state index contributed by atoms with van der Waals surface area (Å²) >= 11 is 0. The van der Waals surface area contributed by atoms with E-state index in [2.05, 4.69) is 32.3 Å². The lowest BCUT2D eigenvalue weighted by Gasteiger charge is -2.25. The molecule has 0 amide bonds. The van der Waals surface area contributed by atoms with E-state index in [1.54, 1.807) is 0 Å². The molecule has 0 aliphatic carbocycles. The van der Waals surface area contributed by atoms with Crippen LogP contribution in [0.25, 0.3) is 11.0 Å². The van der Waals surface area contributed by atoms with E-state index in [0.717, 1.165) is 61.4 Å². The molecule has 0 bridgehead atoms. The van der Waals surface area contributed by atoms with Crippen molar-refractivity contribution < 1.29 is 9.37 Å². The van der Waals surface area contributed by atoms with Crippen molar-refractivity contribution >= 4 is 11.0 Å². The van der Waals surface area contributed by atoms with Gasteiger partial charge in [-0.25, -0.2) is 4.63 Å². The number of pyridine rings is 1. The fourth-order valence-corrected chi connectivity index (χ4v) is 3.21. The SMILES string of the molecule is c1ccc(CN(Cc2cccc3nonc23)C[C@H]2CCCO2)nc1. The van der Waals surface area contributed by atoms with E-state index in [-0.39, 0.29) is 0 Å². The predicted octanol–water partition coefficient (Wildman–Crippen LogP) is 2.80. The first-order chi connectivity index (χ1) is 11.9. The summed E-state index contributed by atoms with van der Waals surface area (Å²) in [6.45, 7) is 3.30. The Morgan fingerprint density at radius 1 is 1.08 bits per heavy atom. The van der Waals surface area contributed by atoms with Gasteiger partial charge in [-0.3, -0.25) is 9.88 Å². The summed E-state index contributed by atoms with van der Waals surface area (Å²) in [5.74, 6) is 0. The Balaban J connectivity index is 1.55. The van der Waals surface area contributed by atoms with Crippen molar-refractivity contribution in [3.63, 3.8) is 0 Å². The molecule has 0 N–H and O–H groups in total. The third-order valence-electron chi connectivity index (χ3n) is 4.36. The van der Waals surface area contributed by atoms with Crippen molar-refractivity contribution in [2.24, 2.45) is 0 Å². The zero-order valence-electron chi connectivity index (χ0n) is 13.5. The molecule has 1 saturated heterocycles. The summed E-state index contributed by atoms with van der Waals surface area (Å²) < 4.78 is 10.7. The van der Waals surface area contributed by atoms with Crippen LogP contribution in [-0.2, 0) is 17.8 Å². The number of ether oxygens (including phenoxy) is 1. The molecule has 4 rings (SSSR count). The Kier molecular flexibility index (Phi) is 4.49. The minimum absolute atomic E-state index is 0.295. The predicted molar refractivity (Wildman–Crippen MR) is 89.1 cm³/mol. The van der Waals surface area contributed by atoms with E-state index in [4.69, 9.17) is 9.37 Å². The Labute approximate surface area is 140 Å². The van der Waals surface area contributed by atoms with Gasteiger partial charge in [0.25, 0.3) is 0 Å². The molecule has 2 aromatic heterocycles. The molecular weight excluding hydrogens is 304 g/mol. The molecule has 1 aliphatic heterocycles. The highest BCUT2D eigenvalue weighted by atomic mass is 16.6. The van der Waals surface area contributed by atoms with E-state index < -0.39 is 0 Å². The highest BCUT2D eigenvalue weighted by Crippen LogP contribution is 2.20. The lowest BCUT2D eigenvalue weighted by molar-refractivity contribution is 0.0676. The first kappa shape index (κ1) is 15.2. The van der Waals surface area contributed by atoms with Gasteiger partial charge in [0.15, 0.2) is 0 Å². The maximum atomic E-state index is 5.82. The van der Waals surface area contributed by atoms with Gasteiger partial charge < -0.3 is 4.74 Å². The standard InChI is InChI=1S/C18H20N4O2/c1-2-9-19-15(6-1)12-22(13-16-7-4-10-23-16)11-14-5-3-8-17-18(14)21-24-20-17/h1-3,5-6,8-9,16H,4,7,10-13H2/t16-/m1/s1. The van der Waals surface area contributed by atoms with E-state index in [1.165, 1.54) is 0 Å². The molecule has 1 fully saturated rings. The number of aromatic nitrogens is 3. The first-order valence-corrected chi connectivity index (χ1v) is 8.32. The molecule has 124 valence electrons. The zero-order valence-corrected chi connectivity index (χ0v) is 13.5. The monoisotopic (exact) mass is 324 g/mol. The fourth-order valence-electron chi connectivity index (χ4n) is 3.21. The summed E-state index contributed by atoms with van der Waals surface area (Å²) in [5, 5.41) is 7.98. The molecule has 0 unspecified atom stereocenters. The van der Waals surface area contributed by atoms with E-state index in [1.807, 2.05) is 30.5 Å². The number of benzene rings is 1. The Morgan fingerprint density at radius 3 is 2.92 bits per heavy atom. The molecule has 6 nitrogen and oxygen atoms in total. The second-order valence-corrected chi connectivity index (χ2v) is 6.17. The highest BCUT2D eigenvalue weighted by molar-refractivity contribution is 5.76. The van der Waals surface area contributed by atoms with Crippen LogP contribution >= 0.6 is 0 Å². The number of hydrogen-bond acceptors (Lipinski definition) is 6. The van der Waals surface area contributed by atoms with Gasteiger partial charge in [0.1, 0.15) is 11.0 Å². The summed E-state index contributed by atoms with van der Waals surface area (Å²) in [7, 11) is 0. The normalized spacial score (nSPS) is 17.8. The summed E-state index contributed by atoms with van der Waals surface area (Å²) in [6, 6.07) is 12.0. The topological polar surface area (TPSA) is 64.3 Å². The van der Waals surface area contributed by atoms with Gasteiger partial charge in [0, 0.05) is 32.4 Å². The van der Waals surface area contributed by atoms with Crippen molar-refractivity contribution in [2.45, 2.75) is 32.0 Å². The number of rotatable bonds is 6. The lowest BCUT2D eigenvalue weighted by Crippen LogP contribution is -2.31. The molecule has 1 aromatic carbocycles. The van der Waals surface area contributed by atoms with Gasteiger partial charge in [-0.05, 0) is 46.9 Å². The molecule has 6 heteroatoms. The van der Waals surface area contributed by atoms with Gasteiger partial charge in [-0.2, -0.15) is 0 Å². The zero-order chi connectivity index (χ0) is 16.2. The fraction of sp³-hybridized carbons (Fsp3) is 0.389. The van der Waals surface area contributed by atoms with Crippen LogP contribution < -0.4 is 0 Å². The Bertz CT molecular complexity index is 784. The number of nitrogens with zero attached hydrogens (tertiary/aromatic N) is 4. The molecule has 3 heterocycles. The smallest absolute Gasteiger partial charge is 0.139 e. The van der Waals surface area contributed by atoms with Gasteiger partial charge in [0.05, 0.1) is 11.8 Å². The van der Waals surface area contributed by atoms with Crippen molar-refractivity contribution in [2.75, 3.05) is 13.2 Å². The van der Waals surface area contributed by atoms with Crippen LogP contribution in [0.5, 0.6) is 0 Å². The molecular formula is C18H20N4O2. The van der Waals surface area contributed by atoms with Crippen LogP contribution in [0.15, 0.2) is 47.2 Å². The van der Waals surface area contributed by atoms with E-state index in [0.29, 0.717) is 6.10 Å². The van der Waals surface area contributed by atoms with Crippen LogP contribution in [0.4, 0.5) is 0 Å². The average Bonchev–Trinajstić information content (AvgIpc) is 3.27. The number of hydrogen-bond donors (Lipinski definition) is 0. The molecule has 24 heavy (non-hydrogen) atoms. The molecule has 1 aliphatic rings. The minimum Gasteiger partial charge on any atom is -0.377 e. The van der Waals surface area contributed by atoms with Gasteiger partial charge in [-0.1, -0.05) is 18.2 Å². The maximum Gasteiger partial charge on any atom is 0.139 e. The maximum absolute atomic E-state index is 5.82. The third-order valence-corrected chi connectivity index (χ3v) is 4.36. The average molecular weight is 324 g/mol. The third kappa shape index (κ3) is 3.44. The van der Waals surface area contributed by atoms with E-state index in [9.17, 15) is 0 Å². The molecule has 3 aromatic rings. The van der Waals surface area contributed by atoms with Crippen LogP contribution in [0, 0.1) is 0 Å². The first-order valence-electron chi connectivity index (χ1n) is 8.32. The van der Waals surface area contributed by atoms with Crippen molar-refractivity contribution in [3.05, 3.63) is 53.9 Å². The van der Waals surface area contributed by atoms with Crippen LogP contribution in [-0.4, -0.2) is 39.5 Å². The lowest BCUT2D eigenvalue weighted by atomic mass is 10.1. The van der Waals surface area contributed by atoms with Crippen molar-refractivity contribution in [1.29, 1.82) is 0 Å². The van der Waals surface area contributed by atoms with Gasteiger partial charge in [0.2, 0.25) is 0 Å².